The van der Waals surface area contributed by atoms with Crippen LogP contribution in [0.3, 0.4) is 0 Å². The first kappa shape index (κ1) is 19.3. The molecule has 0 bridgehead atoms. The van der Waals surface area contributed by atoms with Gasteiger partial charge in [0.2, 0.25) is 0 Å². The molecule has 1 aliphatic heterocycles. The van der Waals surface area contributed by atoms with E-state index >= 15 is 0 Å². The second kappa shape index (κ2) is 7.62. The molecule has 1 fully saturated rings. The maximum Gasteiger partial charge on any atom is 0.308 e. The third kappa shape index (κ3) is 3.92. The molecule has 0 unspecified atom stereocenters. The van der Waals surface area contributed by atoms with E-state index in [0.29, 0.717) is 17.8 Å². The van der Waals surface area contributed by atoms with Gasteiger partial charge in [-0.1, -0.05) is 33.1 Å². The van der Waals surface area contributed by atoms with E-state index < -0.39 is 0 Å². The van der Waals surface area contributed by atoms with Crippen molar-refractivity contribution < 1.29 is 14.3 Å². The molecule has 0 spiro atoms. The normalized spacial score (nSPS) is 26.4. The Labute approximate surface area is 158 Å². The number of hydrogen-bond acceptors (Lipinski definition) is 3. The fraction of sp³-hybridized carbons (Fsp3) is 0.696. The van der Waals surface area contributed by atoms with Gasteiger partial charge in [0.05, 0.1) is 0 Å². The van der Waals surface area contributed by atoms with Crippen LogP contribution in [0.4, 0.5) is 0 Å². The summed E-state index contributed by atoms with van der Waals surface area (Å²) in [6.07, 6.45) is 8.15. The topological polar surface area (TPSA) is 35.5 Å². The molecule has 0 radical (unpaired) electrons. The molecular weight excluding hydrogens is 324 g/mol. The third-order valence-electron chi connectivity index (χ3n) is 6.24. The highest BCUT2D eigenvalue weighted by Gasteiger charge is 2.47. The van der Waals surface area contributed by atoms with Gasteiger partial charge in [-0.05, 0) is 69.1 Å². The average molecular weight is 359 g/mol. The van der Waals surface area contributed by atoms with Crippen molar-refractivity contribution in [2.24, 2.45) is 11.8 Å². The van der Waals surface area contributed by atoms with Crippen molar-refractivity contribution in [3.8, 4) is 11.5 Å². The van der Waals surface area contributed by atoms with E-state index in [1.54, 1.807) is 0 Å². The highest BCUT2D eigenvalue weighted by Crippen LogP contribution is 2.55. The van der Waals surface area contributed by atoms with Gasteiger partial charge in [-0.2, -0.15) is 0 Å². The second-order valence-corrected chi connectivity index (χ2v) is 8.89. The van der Waals surface area contributed by atoms with Crippen LogP contribution in [0.5, 0.6) is 11.5 Å². The summed E-state index contributed by atoms with van der Waals surface area (Å²) < 4.78 is 12.2. The van der Waals surface area contributed by atoms with Gasteiger partial charge in [0.15, 0.2) is 0 Å². The van der Waals surface area contributed by atoms with Crippen molar-refractivity contribution in [2.45, 2.75) is 91.1 Å². The second-order valence-electron chi connectivity index (χ2n) is 8.89. The minimum atomic E-state index is -0.247. The molecule has 0 aromatic heterocycles. The third-order valence-corrected chi connectivity index (χ3v) is 6.24. The molecule has 3 rings (SSSR count). The van der Waals surface area contributed by atoms with Crippen LogP contribution in [0.2, 0.25) is 0 Å². The van der Waals surface area contributed by atoms with E-state index in [2.05, 4.69) is 39.8 Å². The number of carbonyl (C=O) groups is 1. The van der Waals surface area contributed by atoms with E-state index in [1.807, 2.05) is 0 Å². The molecular formula is C23H34O3. The lowest BCUT2D eigenvalue weighted by Crippen LogP contribution is -2.46. The van der Waals surface area contributed by atoms with Gasteiger partial charge in [-0.3, -0.25) is 4.79 Å². The maximum absolute atomic E-state index is 11.8. The Morgan fingerprint density at radius 1 is 1.27 bits per heavy atom. The van der Waals surface area contributed by atoms with Crippen LogP contribution < -0.4 is 9.47 Å². The lowest BCUT2D eigenvalue weighted by molar-refractivity contribution is -0.132. The molecule has 2 aliphatic rings. The van der Waals surface area contributed by atoms with Crippen LogP contribution in [-0.4, -0.2) is 11.6 Å². The van der Waals surface area contributed by atoms with Gasteiger partial charge in [-0.25, -0.2) is 0 Å². The lowest BCUT2D eigenvalue weighted by atomic mass is 9.64. The summed E-state index contributed by atoms with van der Waals surface area (Å²) in [5.41, 5.74) is 2.18. The monoisotopic (exact) mass is 358 g/mol. The highest BCUT2D eigenvalue weighted by atomic mass is 16.5. The number of fused-ring (bicyclic) bond motifs is 3. The largest absolute Gasteiger partial charge is 0.487 e. The Hall–Kier alpha value is -1.51. The van der Waals surface area contributed by atoms with E-state index in [9.17, 15) is 4.79 Å². The molecule has 3 atom stereocenters. The molecule has 0 N–H and O–H groups in total. The Morgan fingerprint density at radius 2 is 2.04 bits per heavy atom. The number of carbonyl (C=O) groups excluding carboxylic acids is 1. The first-order valence-electron chi connectivity index (χ1n) is 10.4. The van der Waals surface area contributed by atoms with Crippen LogP contribution in [0.25, 0.3) is 0 Å². The molecule has 1 aromatic rings. The van der Waals surface area contributed by atoms with Crippen molar-refractivity contribution in [2.75, 3.05) is 0 Å². The molecule has 1 aromatic carbocycles. The summed E-state index contributed by atoms with van der Waals surface area (Å²) in [4.78, 5) is 11.8. The number of rotatable bonds is 5. The van der Waals surface area contributed by atoms with Gasteiger partial charge < -0.3 is 9.47 Å². The standard InChI is InChI=1S/C23H34O3/c1-6-7-8-9-17-13-20(25-16(3)24)22-18-12-15(2)10-11-19(18)23(4,5)26-21(22)14-17/h13-15,18-19H,6-12H2,1-5H3/t15-,18+,19+/m0/s1. The molecule has 144 valence electrons. The van der Waals surface area contributed by atoms with Crippen molar-refractivity contribution in [3.63, 3.8) is 0 Å². The first-order valence-corrected chi connectivity index (χ1v) is 10.4. The minimum absolute atomic E-state index is 0.173. The Kier molecular flexibility index (Phi) is 5.64. The summed E-state index contributed by atoms with van der Waals surface area (Å²) >= 11 is 0. The smallest absolute Gasteiger partial charge is 0.308 e. The zero-order valence-electron chi connectivity index (χ0n) is 17.1. The van der Waals surface area contributed by atoms with E-state index in [0.717, 1.165) is 36.3 Å². The Balaban J connectivity index is 2.03. The van der Waals surface area contributed by atoms with Crippen LogP contribution in [0.15, 0.2) is 12.1 Å². The maximum atomic E-state index is 11.8. The zero-order chi connectivity index (χ0) is 18.9. The van der Waals surface area contributed by atoms with Crippen LogP contribution >= 0.6 is 0 Å². The predicted octanol–water partition coefficient (Wildman–Crippen LogP) is 6.04. The van der Waals surface area contributed by atoms with Crippen molar-refractivity contribution in [1.82, 2.24) is 0 Å². The quantitative estimate of drug-likeness (QED) is 0.366. The number of benzene rings is 1. The zero-order valence-corrected chi connectivity index (χ0v) is 17.1. The van der Waals surface area contributed by atoms with Gasteiger partial charge in [0, 0.05) is 18.4 Å². The predicted molar refractivity (Wildman–Crippen MR) is 105 cm³/mol. The van der Waals surface area contributed by atoms with Crippen molar-refractivity contribution in [1.29, 1.82) is 0 Å². The van der Waals surface area contributed by atoms with Crippen LogP contribution in [0, 0.1) is 11.8 Å². The molecule has 3 nitrogen and oxygen atoms in total. The van der Waals surface area contributed by atoms with Crippen molar-refractivity contribution >= 4 is 5.97 Å². The summed E-state index contributed by atoms with van der Waals surface area (Å²) in [5.74, 6) is 3.02. The number of aryl methyl sites for hydroxylation is 1. The summed E-state index contributed by atoms with van der Waals surface area (Å²) in [6.45, 7) is 10.5. The van der Waals surface area contributed by atoms with Gasteiger partial charge in [0.1, 0.15) is 17.1 Å². The number of unbranched alkanes of at least 4 members (excludes halogenated alkanes) is 2. The van der Waals surface area contributed by atoms with Gasteiger partial charge in [-0.15, -0.1) is 0 Å². The van der Waals surface area contributed by atoms with E-state index in [4.69, 9.17) is 9.47 Å². The highest BCUT2D eigenvalue weighted by molar-refractivity contribution is 5.71. The average Bonchev–Trinajstić information content (AvgIpc) is 2.53. The molecule has 1 heterocycles. The molecule has 1 saturated carbocycles. The van der Waals surface area contributed by atoms with Crippen molar-refractivity contribution in [3.05, 3.63) is 23.3 Å². The van der Waals surface area contributed by atoms with E-state index in [1.165, 1.54) is 38.2 Å². The summed E-state index contributed by atoms with van der Waals surface area (Å²) in [6, 6.07) is 4.29. The van der Waals surface area contributed by atoms with E-state index in [-0.39, 0.29) is 11.6 Å². The molecule has 1 aliphatic carbocycles. The van der Waals surface area contributed by atoms with Crippen LogP contribution in [0.1, 0.15) is 90.2 Å². The molecule has 26 heavy (non-hydrogen) atoms. The Morgan fingerprint density at radius 3 is 2.73 bits per heavy atom. The van der Waals surface area contributed by atoms with Crippen LogP contribution in [-0.2, 0) is 11.2 Å². The lowest BCUT2D eigenvalue weighted by Gasteiger charge is -2.49. The fourth-order valence-corrected chi connectivity index (χ4v) is 4.96. The first-order chi connectivity index (χ1) is 12.3. The fourth-order valence-electron chi connectivity index (χ4n) is 4.96. The molecule has 0 saturated heterocycles. The van der Waals surface area contributed by atoms with Gasteiger partial charge >= 0.3 is 5.97 Å². The SMILES string of the molecule is CCCCCc1cc(OC(C)=O)c2c(c1)OC(C)(C)[C@@H]1CC[C@H](C)C[C@@H]21. The number of hydrogen-bond donors (Lipinski definition) is 0. The minimum Gasteiger partial charge on any atom is -0.487 e. The molecule has 3 heteroatoms. The Bertz CT molecular complexity index is 662. The summed E-state index contributed by atoms with van der Waals surface area (Å²) in [7, 11) is 0. The molecule has 0 amide bonds. The number of ether oxygens (including phenoxy) is 2. The summed E-state index contributed by atoms with van der Waals surface area (Å²) in [5, 5.41) is 0. The van der Waals surface area contributed by atoms with Gasteiger partial charge in [0.25, 0.3) is 0 Å². The number of esters is 1.